The van der Waals surface area contributed by atoms with Gasteiger partial charge in [-0.1, -0.05) is 203 Å². The largest absolute Gasteiger partial charge is 0.169 e. The Labute approximate surface area is 359 Å². The summed E-state index contributed by atoms with van der Waals surface area (Å²) < 4.78 is 0. The van der Waals surface area contributed by atoms with Gasteiger partial charge in [0.1, 0.15) is 0 Å². The maximum Gasteiger partial charge on any atom is 0.169 e. The van der Waals surface area contributed by atoms with Crippen LogP contribution in [0.2, 0.25) is 0 Å². The van der Waals surface area contributed by atoms with E-state index in [1.54, 1.807) is 0 Å². The number of hydrogen-bond donors (Lipinski definition) is 0. The van der Waals surface area contributed by atoms with Crippen molar-refractivity contribution in [2.24, 2.45) is 0 Å². The Bertz CT molecular complexity index is 1960. The Morgan fingerprint density at radius 3 is 1.07 bits per heavy atom. The first-order valence-electron chi connectivity index (χ1n) is 22.0. The van der Waals surface area contributed by atoms with Gasteiger partial charge in [-0.25, -0.2) is 0 Å². The van der Waals surface area contributed by atoms with Crippen LogP contribution in [0.5, 0.6) is 0 Å². The minimum atomic E-state index is -0.0758. The summed E-state index contributed by atoms with van der Waals surface area (Å²) in [6.45, 7) is 16.0. The van der Waals surface area contributed by atoms with Gasteiger partial charge in [0.05, 0.1) is 21.8 Å². The van der Waals surface area contributed by atoms with E-state index in [4.69, 9.17) is 0 Å². The first-order chi connectivity index (χ1) is 28.1. The van der Waals surface area contributed by atoms with E-state index in [1.165, 1.54) is 117 Å². The van der Waals surface area contributed by atoms with Gasteiger partial charge in [-0.05, 0) is 102 Å². The van der Waals surface area contributed by atoms with E-state index >= 15 is 0 Å². The second-order valence-corrected chi connectivity index (χ2v) is 21.7. The van der Waals surface area contributed by atoms with E-state index in [1.807, 2.05) is 0 Å². The third kappa shape index (κ3) is 13.8. The molecule has 0 aliphatic heterocycles. The van der Waals surface area contributed by atoms with Gasteiger partial charge in [0.2, 0.25) is 0 Å². The molecule has 2 heteroatoms. The van der Waals surface area contributed by atoms with Crippen LogP contribution in [0.1, 0.15) is 129 Å². The highest BCUT2D eigenvalue weighted by Gasteiger charge is 2.32. The van der Waals surface area contributed by atoms with Crippen molar-refractivity contribution in [3.63, 3.8) is 0 Å². The van der Waals surface area contributed by atoms with E-state index in [-0.39, 0.29) is 32.6 Å². The van der Waals surface area contributed by atoms with Gasteiger partial charge in [0.25, 0.3) is 0 Å². The molecule has 0 aliphatic rings. The van der Waals surface area contributed by atoms with Gasteiger partial charge < -0.3 is 0 Å². The molecule has 0 heterocycles. The summed E-state index contributed by atoms with van der Waals surface area (Å²) in [5, 5.41) is 0. The molecule has 0 bridgehead atoms. The number of hydrogen-bond acceptors (Lipinski definition) is 0. The Morgan fingerprint density at radius 1 is 0.328 bits per heavy atom. The molecule has 0 saturated heterocycles. The first kappa shape index (κ1) is 45.1. The minimum absolute atomic E-state index is 0.0497. The molecular weight excluding hydrogens is 737 g/mol. The molecule has 0 fully saturated rings. The van der Waals surface area contributed by atoms with Gasteiger partial charge >= 0.3 is 0 Å². The van der Waals surface area contributed by atoms with E-state index < -0.39 is 0 Å². The fourth-order valence-corrected chi connectivity index (χ4v) is 11.7. The summed E-state index contributed by atoms with van der Waals surface area (Å²) in [6.07, 6.45) is 15.1. The molecule has 1 atom stereocenters. The van der Waals surface area contributed by atoms with E-state index in [0.717, 1.165) is 0 Å². The highest BCUT2D eigenvalue weighted by Crippen LogP contribution is 2.36. The van der Waals surface area contributed by atoms with Crippen molar-refractivity contribution in [2.75, 3.05) is 0 Å². The minimum Gasteiger partial charge on any atom is -0.0654 e. The van der Waals surface area contributed by atoms with Crippen molar-refractivity contribution in [3.8, 4) is 0 Å². The zero-order valence-electron chi connectivity index (χ0n) is 36.7. The fraction of sp³-hybridized carbons (Fsp3) is 0.357. The topological polar surface area (TPSA) is 0 Å². The molecule has 0 saturated carbocycles. The molecule has 6 aromatic rings. The number of unbranched alkanes of at least 4 members (excludes halogenated alkanes) is 9. The van der Waals surface area contributed by atoms with Crippen molar-refractivity contribution in [3.05, 3.63) is 180 Å². The highest BCUT2D eigenvalue weighted by molar-refractivity contribution is 7.97. The zero-order chi connectivity index (χ0) is 41.2. The van der Waals surface area contributed by atoms with Crippen molar-refractivity contribution in [1.29, 1.82) is 0 Å². The number of rotatable bonds is 17. The van der Waals surface area contributed by atoms with Crippen LogP contribution in [0, 0.1) is 0 Å². The molecule has 0 spiro atoms. The standard InChI is InChI=1S/C34H47S.C22H23S/c1-5-6-7-8-9-10-11-12-13-15-20-29-21-18-19-24-33(29)35(31-22-16-14-17-23-31)32-27-25-30(26-28-32)34(2,3)4;1-22(2,3)18-14-16-21(17-15-18)23(19-10-6-4-7-11-19)20-12-8-5-9-13-20/h14,16-19,21-28H,5-13,15,20H2,1-4H3;4-17H,1-3H3/q2*+1. The predicted molar refractivity (Wildman–Crippen MR) is 256 cm³/mol. The Kier molecular flexibility index (Phi) is 17.9. The SMILES string of the molecule is CC(C)(C)c1ccc([S+](c2ccccc2)c2ccccc2)cc1.CCCCCCCCCCCCc1ccccc1[S+](c1ccccc1)c1ccc(C(C)(C)C)cc1. The van der Waals surface area contributed by atoms with E-state index in [0.29, 0.717) is 0 Å². The second-order valence-electron chi connectivity index (χ2n) is 17.6. The van der Waals surface area contributed by atoms with Crippen LogP contribution in [0.4, 0.5) is 0 Å². The lowest BCUT2D eigenvalue weighted by molar-refractivity contribution is 0.556. The van der Waals surface area contributed by atoms with Crippen LogP contribution in [0.3, 0.4) is 0 Å². The quantitative estimate of drug-likeness (QED) is 0.0636. The maximum absolute atomic E-state index is 2.37. The number of aryl methyl sites for hydroxylation is 1. The average molecular weight is 807 g/mol. The predicted octanol–water partition coefficient (Wildman–Crippen LogP) is 16.6. The molecule has 1 unspecified atom stereocenters. The summed E-state index contributed by atoms with van der Waals surface area (Å²) in [5.41, 5.74) is 4.68. The van der Waals surface area contributed by atoms with Crippen molar-refractivity contribution >= 4 is 21.8 Å². The third-order valence-corrected chi connectivity index (χ3v) is 15.4. The molecular formula is C56H70S2+2. The van der Waals surface area contributed by atoms with Gasteiger partial charge in [-0.3, -0.25) is 0 Å². The van der Waals surface area contributed by atoms with E-state index in [9.17, 15) is 0 Å². The van der Waals surface area contributed by atoms with Crippen LogP contribution in [-0.4, -0.2) is 0 Å². The summed E-state index contributed by atoms with van der Waals surface area (Å²) >= 11 is 0. The lowest BCUT2D eigenvalue weighted by Crippen LogP contribution is -2.12. The lowest BCUT2D eigenvalue weighted by Gasteiger charge is -2.19. The van der Waals surface area contributed by atoms with Crippen LogP contribution < -0.4 is 0 Å². The van der Waals surface area contributed by atoms with Gasteiger partial charge in [-0.15, -0.1) is 0 Å². The average Bonchev–Trinajstić information content (AvgIpc) is 3.23. The van der Waals surface area contributed by atoms with Crippen molar-refractivity contribution in [1.82, 2.24) is 0 Å². The summed E-state index contributed by atoms with van der Waals surface area (Å²) in [5.74, 6) is 0. The molecule has 58 heavy (non-hydrogen) atoms. The molecule has 0 nitrogen and oxygen atoms in total. The smallest absolute Gasteiger partial charge is 0.0654 e. The third-order valence-electron chi connectivity index (χ3n) is 10.8. The second kappa shape index (κ2) is 23.0. The molecule has 0 aliphatic carbocycles. The van der Waals surface area contributed by atoms with Gasteiger partial charge in [0.15, 0.2) is 29.4 Å². The van der Waals surface area contributed by atoms with E-state index in [2.05, 4.69) is 212 Å². The maximum atomic E-state index is 2.37. The summed E-state index contributed by atoms with van der Waals surface area (Å²) in [6, 6.07) is 60.5. The highest BCUT2D eigenvalue weighted by atomic mass is 32.2. The van der Waals surface area contributed by atoms with Gasteiger partial charge in [-0.2, -0.15) is 0 Å². The molecule has 0 radical (unpaired) electrons. The molecule has 0 aromatic heterocycles. The van der Waals surface area contributed by atoms with Crippen LogP contribution in [-0.2, 0) is 39.0 Å². The Morgan fingerprint density at radius 2 is 0.655 bits per heavy atom. The zero-order valence-corrected chi connectivity index (χ0v) is 38.3. The summed E-state index contributed by atoms with van der Waals surface area (Å²) in [7, 11) is -0.125. The summed E-state index contributed by atoms with van der Waals surface area (Å²) in [4.78, 5) is 8.42. The van der Waals surface area contributed by atoms with Crippen LogP contribution in [0.25, 0.3) is 0 Å². The monoisotopic (exact) mass is 806 g/mol. The molecule has 6 rings (SSSR count). The number of benzene rings is 6. The van der Waals surface area contributed by atoms with Crippen molar-refractivity contribution < 1.29 is 0 Å². The molecule has 0 N–H and O–H groups in total. The molecule has 6 aromatic carbocycles. The van der Waals surface area contributed by atoms with Crippen LogP contribution in [0.15, 0.2) is 193 Å². The Balaban J connectivity index is 0.000000240. The molecule has 304 valence electrons. The lowest BCUT2D eigenvalue weighted by atomic mass is 9.87. The van der Waals surface area contributed by atoms with Gasteiger partial charge in [0, 0.05) is 5.56 Å². The van der Waals surface area contributed by atoms with Crippen LogP contribution >= 0.6 is 0 Å². The van der Waals surface area contributed by atoms with Crippen molar-refractivity contribution in [2.45, 2.75) is 159 Å². The fourth-order valence-electron chi connectivity index (χ4n) is 7.36. The molecule has 0 amide bonds. The first-order valence-corrected chi connectivity index (χ1v) is 24.4. The Hall–Kier alpha value is -3.98. The normalized spacial score (nSPS) is 12.2.